The molecule has 0 saturated carbocycles. The maximum Gasteiger partial charge on any atom is 0.387 e. The average Bonchev–Trinajstić information content (AvgIpc) is 2.58. The molecular weight excluding hydrogens is 358 g/mol. The highest BCUT2D eigenvalue weighted by Gasteiger charge is 2.53. The minimum absolute atomic E-state index is 0.0899. The lowest BCUT2D eigenvalue weighted by molar-refractivity contribution is -0.172. The molecule has 1 amide bonds. The predicted molar refractivity (Wildman–Crippen MR) is 91.6 cm³/mol. The van der Waals surface area contributed by atoms with Crippen molar-refractivity contribution in [1.82, 2.24) is 14.9 Å². The zero-order valence-electron chi connectivity index (χ0n) is 14.4. The van der Waals surface area contributed by atoms with E-state index in [-0.39, 0.29) is 17.2 Å². The van der Waals surface area contributed by atoms with Crippen LogP contribution in [-0.4, -0.2) is 52.7 Å². The quantitative estimate of drug-likeness (QED) is 0.834. The van der Waals surface area contributed by atoms with Gasteiger partial charge in [-0.3, -0.25) is 4.79 Å². The van der Waals surface area contributed by atoms with Crippen molar-refractivity contribution in [3.05, 3.63) is 47.8 Å². The Morgan fingerprint density at radius 2 is 2.11 bits per heavy atom. The second-order valence-corrected chi connectivity index (χ2v) is 6.60. The highest BCUT2D eigenvalue weighted by molar-refractivity contribution is 5.95. The zero-order valence-corrected chi connectivity index (χ0v) is 14.4. The van der Waals surface area contributed by atoms with Crippen LogP contribution in [0, 0.1) is 0 Å². The van der Waals surface area contributed by atoms with E-state index in [2.05, 4.69) is 20.0 Å². The number of hydrogen-bond acceptors (Lipinski definition) is 6. The van der Waals surface area contributed by atoms with Crippen LogP contribution in [-0.2, 0) is 11.3 Å². The Morgan fingerprint density at radius 3 is 2.70 bits per heavy atom. The molecule has 0 atom stereocenters. The summed E-state index contributed by atoms with van der Waals surface area (Å²) in [5.74, 6) is 0.347. The van der Waals surface area contributed by atoms with E-state index in [0.29, 0.717) is 31.3 Å². The summed E-state index contributed by atoms with van der Waals surface area (Å²) >= 11 is 0. The highest BCUT2D eigenvalue weighted by atomic mass is 19.3. The number of benzene rings is 1. The van der Waals surface area contributed by atoms with Crippen LogP contribution in [0.3, 0.4) is 0 Å². The second kappa shape index (κ2) is 7.07. The number of alkyl halides is 2. The van der Waals surface area contributed by atoms with Gasteiger partial charge in [0.15, 0.2) is 0 Å². The van der Waals surface area contributed by atoms with Crippen LogP contribution >= 0.6 is 0 Å². The largest absolute Gasteiger partial charge is 0.435 e. The molecule has 0 bridgehead atoms. The van der Waals surface area contributed by atoms with Gasteiger partial charge >= 0.3 is 6.61 Å². The van der Waals surface area contributed by atoms with Gasteiger partial charge in [0, 0.05) is 25.5 Å². The van der Waals surface area contributed by atoms with Crippen molar-refractivity contribution in [2.24, 2.45) is 0 Å². The number of rotatable bonds is 6. The number of carbonyl (C=O) groups is 1. The molecule has 0 aliphatic carbocycles. The molecule has 1 N–H and O–H groups in total. The van der Waals surface area contributed by atoms with Crippen molar-refractivity contribution in [3.63, 3.8) is 0 Å². The van der Waals surface area contributed by atoms with E-state index >= 15 is 0 Å². The number of nitrogens with one attached hydrogen (secondary N) is 1. The fourth-order valence-corrected chi connectivity index (χ4v) is 3.19. The Balaban J connectivity index is 1.35. The van der Waals surface area contributed by atoms with Crippen LogP contribution < -0.4 is 10.1 Å². The maximum atomic E-state index is 12.5. The topological polar surface area (TPSA) is 76.6 Å². The van der Waals surface area contributed by atoms with Gasteiger partial charge in [0.25, 0.3) is 5.91 Å². The summed E-state index contributed by atoms with van der Waals surface area (Å²) in [6.45, 7) is -0.626. The maximum absolute atomic E-state index is 12.5. The molecule has 3 heterocycles. The van der Waals surface area contributed by atoms with E-state index in [9.17, 15) is 13.6 Å². The van der Waals surface area contributed by atoms with Crippen molar-refractivity contribution in [3.8, 4) is 5.75 Å². The third-order valence-corrected chi connectivity index (χ3v) is 4.83. The number of amides is 1. The summed E-state index contributed by atoms with van der Waals surface area (Å²) in [5, 5.41) is 2.99. The SMILES string of the molecule is O=C(c1cnc(NCc2cccc(OC(F)F)c2)nc1)N1CCC12COC2. The summed E-state index contributed by atoms with van der Waals surface area (Å²) in [6, 6.07) is 6.38. The molecule has 2 saturated heterocycles. The third-order valence-electron chi connectivity index (χ3n) is 4.83. The molecule has 142 valence electrons. The molecule has 9 heteroatoms. The molecule has 2 aromatic rings. The molecule has 27 heavy (non-hydrogen) atoms. The van der Waals surface area contributed by atoms with E-state index in [4.69, 9.17) is 4.74 Å². The van der Waals surface area contributed by atoms with Gasteiger partial charge in [-0.15, -0.1) is 0 Å². The number of nitrogens with zero attached hydrogens (tertiary/aromatic N) is 3. The lowest BCUT2D eigenvalue weighted by atomic mass is 9.82. The van der Waals surface area contributed by atoms with Crippen LogP contribution in [0.1, 0.15) is 22.3 Å². The Hall–Kier alpha value is -2.81. The Bertz CT molecular complexity index is 822. The predicted octanol–water partition coefficient (Wildman–Crippen LogP) is 2.30. The molecule has 0 unspecified atom stereocenters. The first kappa shape index (κ1) is 17.6. The highest BCUT2D eigenvalue weighted by Crippen LogP contribution is 2.38. The van der Waals surface area contributed by atoms with Crippen LogP contribution in [0.25, 0.3) is 0 Å². The number of carbonyl (C=O) groups excluding carboxylic acids is 1. The minimum Gasteiger partial charge on any atom is -0.435 e. The zero-order chi connectivity index (χ0) is 18.9. The molecule has 1 aromatic heterocycles. The average molecular weight is 376 g/mol. The standard InChI is InChI=1S/C18H18F2N4O3/c19-16(20)27-14-3-1-2-12(6-14)7-21-17-22-8-13(9-23-17)15(25)24-5-4-18(24)10-26-11-18/h1-3,6,8-9,16H,4-5,7,10-11H2,(H,21,22,23). The van der Waals surface area contributed by atoms with Crippen LogP contribution in [0.15, 0.2) is 36.7 Å². The van der Waals surface area contributed by atoms with Crippen molar-refractivity contribution >= 4 is 11.9 Å². The van der Waals surface area contributed by atoms with E-state index < -0.39 is 6.61 Å². The van der Waals surface area contributed by atoms with E-state index in [1.165, 1.54) is 24.5 Å². The van der Waals surface area contributed by atoms with Crippen molar-refractivity contribution in [1.29, 1.82) is 0 Å². The molecule has 1 spiro atoms. The van der Waals surface area contributed by atoms with Gasteiger partial charge in [0.1, 0.15) is 5.75 Å². The monoisotopic (exact) mass is 376 g/mol. The Morgan fingerprint density at radius 1 is 1.33 bits per heavy atom. The second-order valence-electron chi connectivity index (χ2n) is 6.60. The Kier molecular flexibility index (Phi) is 4.61. The fraction of sp³-hybridized carbons (Fsp3) is 0.389. The first-order valence-corrected chi connectivity index (χ1v) is 8.55. The fourth-order valence-electron chi connectivity index (χ4n) is 3.19. The van der Waals surface area contributed by atoms with Crippen LogP contribution in [0.4, 0.5) is 14.7 Å². The van der Waals surface area contributed by atoms with Gasteiger partial charge in [0.2, 0.25) is 5.95 Å². The molecule has 2 fully saturated rings. The van der Waals surface area contributed by atoms with Gasteiger partial charge in [0.05, 0.1) is 24.3 Å². The summed E-state index contributed by atoms with van der Waals surface area (Å²) in [4.78, 5) is 22.7. The van der Waals surface area contributed by atoms with E-state index in [1.807, 2.05) is 4.90 Å². The number of halogens is 2. The summed E-state index contributed by atoms with van der Waals surface area (Å²) in [7, 11) is 0. The van der Waals surface area contributed by atoms with Gasteiger partial charge in [-0.1, -0.05) is 12.1 Å². The van der Waals surface area contributed by atoms with E-state index in [1.54, 1.807) is 12.1 Å². The molecule has 1 aromatic carbocycles. The number of anilines is 1. The van der Waals surface area contributed by atoms with Crippen molar-refractivity contribution in [2.45, 2.75) is 25.1 Å². The summed E-state index contributed by atoms with van der Waals surface area (Å²) in [5.41, 5.74) is 1.04. The number of hydrogen-bond donors (Lipinski definition) is 1. The van der Waals surface area contributed by atoms with Crippen LogP contribution in [0.2, 0.25) is 0 Å². The normalized spacial score (nSPS) is 17.4. The summed E-state index contributed by atoms with van der Waals surface area (Å²) < 4.78 is 34.2. The van der Waals surface area contributed by atoms with Gasteiger partial charge in [-0.25, -0.2) is 9.97 Å². The van der Waals surface area contributed by atoms with Crippen LogP contribution in [0.5, 0.6) is 5.75 Å². The lowest BCUT2D eigenvalue weighted by Crippen LogP contribution is -2.72. The van der Waals surface area contributed by atoms with E-state index in [0.717, 1.165) is 18.5 Å². The molecule has 2 aliphatic heterocycles. The molecular formula is C18H18F2N4O3. The Labute approximate surface area is 154 Å². The molecule has 2 aliphatic rings. The number of ether oxygens (including phenoxy) is 2. The molecule has 0 radical (unpaired) electrons. The molecule has 4 rings (SSSR count). The smallest absolute Gasteiger partial charge is 0.387 e. The van der Waals surface area contributed by atoms with Gasteiger partial charge in [-0.05, 0) is 24.1 Å². The van der Waals surface area contributed by atoms with Crippen molar-refractivity contribution < 1.29 is 23.0 Å². The minimum atomic E-state index is -2.86. The molecule has 7 nitrogen and oxygen atoms in total. The van der Waals surface area contributed by atoms with Gasteiger partial charge in [-0.2, -0.15) is 8.78 Å². The van der Waals surface area contributed by atoms with Crippen molar-refractivity contribution in [2.75, 3.05) is 25.1 Å². The lowest BCUT2D eigenvalue weighted by Gasteiger charge is -2.57. The first-order valence-electron chi connectivity index (χ1n) is 8.55. The third kappa shape index (κ3) is 3.55. The summed E-state index contributed by atoms with van der Waals surface area (Å²) in [6.07, 6.45) is 3.94. The first-order chi connectivity index (χ1) is 13.1. The number of aromatic nitrogens is 2. The number of likely N-dealkylation sites (tertiary alicyclic amines) is 1. The van der Waals surface area contributed by atoms with Gasteiger partial charge < -0.3 is 19.7 Å².